The molecule has 1 heterocycles. The van der Waals surface area contributed by atoms with Gasteiger partial charge in [-0.2, -0.15) is 0 Å². The van der Waals surface area contributed by atoms with Crippen molar-refractivity contribution in [1.29, 1.82) is 0 Å². The third-order valence-corrected chi connectivity index (χ3v) is 2.74. The molecule has 1 N–H and O–H groups in total. The van der Waals surface area contributed by atoms with Crippen LogP contribution in [0.15, 0.2) is 24.3 Å². The van der Waals surface area contributed by atoms with Crippen molar-refractivity contribution in [3.05, 3.63) is 34.9 Å². The number of halogens is 2. The van der Waals surface area contributed by atoms with Crippen LogP contribution in [-0.4, -0.2) is 19.7 Å². The van der Waals surface area contributed by atoms with Gasteiger partial charge in [-0.3, -0.25) is 0 Å². The van der Waals surface area contributed by atoms with Gasteiger partial charge in [-0.15, -0.1) is 12.4 Å². The van der Waals surface area contributed by atoms with E-state index in [1.807, 2.05) is 24.3 Å². The van der Waals surface area contributed by atoms with E-state index in [9.17, 15) is 0 Å². The lowest BCUT2D eigenvalue weighted by atomic mass is 10.1. The van der Waals surface area contributed by atoms with Gasteiger partial charge in [0.05, 0.1) is 6.10 Å². The number of hydrogen-bond donors (Lipinski definition) is 1. The first-order chi connectivity index (χ1) is 6.88. The van der Waals surface area contributed by atoms with E-state index in [1.54, 1.807) is 0 Å². The molecule has 0 aromatic heterocycles. The molecule has 84 valence electrons. The van der Waals surface area contributed by atoms with Crippen LogP contribution in [0.25, 0.3) is 0 Å². The Hall–Kier alpha value is -0.280. The van der Waals surface area contributed by atoms with E-state index in [2.05, 4.69) is 5.32 Å². The molecule has 0 saturated carbocycles. The molecule has 1 fully saturated rings. The predicted molar refractivity (Wildman–Crippen MR) is 64.9 cm³/mol. The molecule has 15 heavy (non-hydrogen) atoms. The maximum absolute atomic E-state index is 6.10. The van der Waals surface area contributed by atoms with E-state index in [0.717, 1.165) is 36.7 Å². The van der Waals surface area contributed by atoms with Crippen molar-refractivity contribution < 1.29 is 4.74 Å². The Morgan fingerprint density at radius 3 is 2.93 bits per heavy atom. The maximum Gasteiger partial charge on any atom is 0.0963 e. The topological polar surface area (TPSA) is 21.3 Å². The summed E-state index contributed by atoms with van der Waals surface area (Å²) in [6.45, 7) is 2.69. The van der Waals surface area contributed by atoms with E-state index in [1.165, 1.54) is 0 Å². The summed E-state index contributed by atoms with van der Waals surface area (Å²) in [4.78, 5) is 0. The van der Waals surface area contributed by atoms with Crippen molar-refractivity contribution in [2.45, 2.75) is 12.5 Å². The highest BCUT2D eigenvalue weighted by Crippen LogP contribution is 2.25. The van der Waals surface area contributed by atoms with Gasteiger partial charge in [-0.25, -0.2) is 0 Å². The van der Waals surface area contributed by atoms with Gasteiger partial charge in [0.15, 0.2) is 0 Å². The van der Waals surface area contributed by atoms with Crippen LogP contribution in [0.2, 0.25) is 5.02 Å². The molecule has 2 rings (SSSR count). The summed E-state index contributed by atoms with van der Waals surface area (Å²) in [5.41, 5.74) is 1.09. The third-order valence-electron chi connectivity index (χ3n) is 2.40. The normalized spacial score (nSPS) is 21.5. The Balaban J connectivity index is 0.00000112. The third kappa shape index (κ3) is 3.35. The quantitative estimate of drug-likeness (QED) is 0.825. The summed E-state index contributed by atoms with van der Waals surface area (Å²) in [5, 5.41) is 4.13. The number of hydrogen-bond acceptors (Lipinski definition) is 2. The van der Waals surface area contributed by atoms with Crippen LogP contribution in [0.4, 0.5) is 0 Å². The van der Waals surface area contributed by atoms with Gasteiger partial charge in [0.2, 0.25) is 0 Å². The van der Waals surface area contributed by atoms with Crippen LogP contribution in [0.3, 0.4) is 0 Å². The second-order valence-electron chi connectivity index (χ2n) is 3.44. The van der Waals surface area contributed by atoms with Crippen LogP contribution in [0, 0.1) is 0 Å². The molecular formula is C11H15Cl2NO. The van der Waals surface area contributed by atoms with Crippen molar-refractivity contribution >= 4 is 24.0 Å². The van der Waals surface area contributed by atoms with Crippen molar-refractivity contribution in [2.75, 3.05) is 19.7 Å². The predicted octanol–water partition coefficient (Wildman–Crippen LogP) is 2.81. The van der Waals surface area contributed by atoms with Gasteiger partial charge in [0, 0.05) is 23.7 Å². The minimum atomic E-state index is 0. The first-order valence-electron chi connectivity index (χ1n) is 4.94. The fourth-order valence-corrected chi connectivity index (χ4v) is 1.91. The van der Waals surface area contributed by atoms with E-state index in [0.29, 0.717) is 0 Å². The lowest BCUT2D eigenvalue weighted by molar-refractivity contribution is 0.0670. The highest BCUT2D eigenvalue weighted by atomic mass is 35.5. The molecular weight excluding hydrogens is 233 g/mol. The van der Waals surface area contributed by atoms with Crippen LogP contribution < -0.4 is 5.32 Å². The summed E-state index contributed by atoms with van der Waals surface area (Å²) in [6.07, 6.45) is 1.17. The molecule has 1 atom stereocenters. The van der Waals surface area contributed by atoms with Crippen molar-refractivity contribution in [1.82, 2.24) is 5.32 Å². The Bertz CT molecular complexity index is 298. The zero-order valence-corrected chi connectivity index (χ0v) is 9.98. The molecule has 1 saturated heterocycles. The molecule has 0 amide bonds. The highest BCUT2D eigenvalue weighted by molar-refractivity contribution is 6.31. The Morgan fingerprint density at radius 2 is 2.13 bits per heavy atom. The number of rotatable bonds is 1. The van der Waals surface area contributed by atoms with Crippen LogP contribution in [-0.2, 0) is 4.74 Å². The average Bonchev–Trinajstić information content (AvgIpc) is 2.47. The summed E-state index contributed by atoms with van der Waals surface area (Å²) in [5.74, 6) is 0. The first-order valence-corrected chi connectivity index (χ1v) is 5.32. The average molecular weight is 248 g/mol. The summed E-state index contributed by atoms with van der Waals surface area (Å²) >= 11 is 6.10. The van der Waals surface area contributed by atoms with Crippen molar-refractivity contribution in [3.63, 3.8) is 0 Å². The molecule has 0 aliphatic carbocycles. The van der Waals surface area contributed by atoms with E-state index in [4.69, 9.17) is 16.3 Å². The largest absolute Gasteiger partial charge is 0.372 e. The highest BCUT2D eigenvalue weighted by Gasteiger charge is 2.16. The minimum absolute atomic E-state index is 0. The van der Waals surface area contributed by atoms with E-state index >= 15 is 0 Å². The molecule has 1 aliphatic heterocycles. The van der Waals surface area contributed by atoms with Crippen LogP contribution >= 0.6 is 24.0 Å². The fraction of sp³-hybridized carbons (Fsp3) is 0.455. The number of nitrogens with one attached hydrogen (secondary N) is 1. The van der Waals surface area contributed by atoms with Gasteiger partial charge in [-0.05, 0) is 19.0 Å². The van der Waals surface area contributed by atoms with E-state index in [-0.39, 0.29) is 18.5 Å². The monoisotopic (exact) mass is 247 g/mol. The zero-order chi connectivity index (χ0) is 9.80. The Labute approximate surface area is 101 Å². The zero-order valence-electron chi connectivity index (χ0n) is 8.41. The van der Waals surface area contributed by atoms with Crippen molar-refractivity contribution in [3.8, 4) is 0 Å². The lowest BCUT2D eigenvalue weighted by Gasteiger charge is -2.16. The van der Waals surface area contributed by atoms with E-state index < -0.39 is 0 Å². The first kappa shape index (κ1) is 12.8. The smallest absolute Gasteiger partial charge is 0.0963 e. The van der Waals surface area contributed by atoms with Crippen molar-refractivity contribution in [2.24, 2.45) is 0 Å². The molecule has 2 nitrogen and oxygen atoms in total. The molecule has 1 unspecified atom stereocenters. The van der Waals surface area contributed by atoms with Gasteiger partial charge < -0.3 is 10.1 Å². The van der Waals surface area contributed by atoms with Gasteiger partial charge in [-0.1, -0.05) is 29.8 Å². The van der Waals surface area contributed by atoms with Gasteiger partial charge >= 0.3 is 0 Å². The molecule has 1 aromatic carbocycles. The van der Waals surface area contributed by atoms with Crippen LogP contribution in [0.1, 0.15) is 18.1 Å². The minimum Gasteiger partial charge on any atom is -0.372 e. The second-order valence-corrected chi connectivity index (χ2v) is 3.85. The summed E-state index contributed by atoms with van der Waals surface area (Å²) in [6, 6.07) is 7.87. The molecule has 0 spiro atoms. The van der Waals surface area contributed by atoms with Crippen LogP contribution in [0.5, 0.6) is 0 Å². The second kappa shape index (κ2) is 6.33. The molecule has 4 heteroatoms. The lowest BCUT2D eigenvalue weighted by Crippen LogP contribution is -2.20. The standard InChI is InChI=1S/C11H14ClNO.ClH/c12-10-5-2-1-4-9(10)11-8-13-6-3-7-14-11;/h1-2,4-5,11,13H,3,6-8H2;1H. The maximum atomic E-state index is 6.10. The molecule has 0 bridgehead atoms. The molecule has 1 aromatic rings. The molecule has 0 radical (unpaired) electrons. The number of ether oxygens (including phenoxy) is 1. The van der Waals surface area contributed by atoms with Gasteiger partial charge in [0.1, 0.15) is 0 Å². The molecule has 1 aliphatic rings. The van der Waals surface area contributed by atoms with Gasteiger partial charge in [0.25, 0.3) is 0 Å². The SMILES string of the molecule is Cl.Clc1ccccc1C1CNCCCO1. The number of benzene rings is 1. The summed E-state index contributed by atoms with van der Waals surface area (Å²) < 4.78 is 5.72. The Morgan fingerprint density at radius 1 is 1.33 bits per heavy atom. The summed E-state index contributed by atoms with van der Waals surface area (Å²) in [7, 11) is 0. The fourth-order valence-electron chi connectivity index (χ4n) is 1.65. The Kier molecular flexibility index (Phi) is 5.40.